The van der Waals surface area contributed by atoms with E-state index >= 15 is 0 Å². The Hall–Kier alpha value is -2.97. The molecule has 0 unspecified atom stereocenters. The highest BCUT2D eigenvalue weighted by Gasteiger charge is 2.32. The van der Waals surface area contributed by atoms with Gasteiger partial charge in [-0.15, -0.1) is 0 Å². The molecule has 2 aromatic heterocycles. The number of hydrogen-bond donors (Lipinski definition) is 3. The minimum absolute atomic E-state index is 0.0419. The molecule has 9 nitrogen and oxygen atoms in total. The van der Waals surface area contributed by atoms with Crippen molar-refractivity contribution >= 4 is 40.0 Å². The van der Waals surface area contributed by atoms with Gasteiger partial charge < -0.3 is 25.2 Å². The van der Waals surface area contributed by atoms with Crippen LogP contribution in [0.4, 0.5) is 20.3 Å². The van der Waals surface area contributed by atoms with E-state index in [4.69, 9.17) is 0 Å². The molecule has 33 heavy (non-hydrogen) atoms. The van der Waals surface area contributed by atoms with Crippen LogP contribution in [-0.2, 0) is 0 Å². The van der Waals surface area contributed by atoms with Gasteiger partial charge in [0.1, 0.15) is 17.9 Å². The van der Waals surface area contributed by atoms with Gasteiger partial charge in [0.2, 0.25) is 0 Å². The smallest absolute Gasteiger partial charge is 0.425 e. The zero-order valence-corrected chi connectivity index (χ0v) is 19.1. The topological polar surface area (TPSA) is 121 Å². The van der Waals surface area contributed by atoms with E-state index in [1.54, 1.807) is 23.4 Å². The Kier molecular flexibility index (Phi) is 6.67. The normalized spacial score (nSPS) is 18.3. The molecular formula is C21H18F2IN5O4. The second kappa shape index (κ2) is 9.49. The van der Waals surface area contributed by atoms with Crippen molar-refractivity contribution in [3.8, 4) is 16.9 Å². The molecule has 0 radical (unpaired) electrons. The van der Waals surface area contributed by atoms with E-state index in [9.17, 15) is 23.8 Å². The summed E-state index contributed by atoms with van der Waals surface area (Å²) < 4.78 is 27.0. The molecule has 0 spiro atoms. The molecule has 1 amide bonds. The summed E-state index contributed by atoms with van der Waals surface area (Å²) in [5.41, 5.74) is 1.77. The number of benzene rings is 1. The van der Waals surface area contributed by atoms with Crippen LogP contribution >= 0.6 is 22.6 Å². The molecule has 4 rings (SSSR count). The summed E-state index contributed by atoms with van der Waals surface area (Å²) >= 11 is 0.870. The zero-order chi connectivity index (χ0) is 23.6. The van der Waals surface area contributed by atoms with Crippen LogP contribution in [0.1, 0.15) is 10.4 Å². The number of anilines is 2. The maximum Gasteiger partial charge on any atom is 0.451 e. The number of halogens is 3. The van der Waals surface area contributed by atoms with Gasteiger partial charge in [-0.3, -0.25) is 4.79 Å². The fourth-order valence-electron chi connectivity index (χ4n) is 3.37. The first kappa shape index (κ1) is 23.2. The molecule has 1 fully saturated rings. The van der Waals surface area contributed by atoms with Crippen molar-refractivity contribution in [3.63, 3.8) is 0 Å². The average Bonchev–Trinajstić information content (AvgIpc) is 3.12. The number of pyridine rings is 1. The number of aromatic nitrogens is 3. The third kappa shape index (κ3) is 5.69. The van der Waals surface area contributed by atoms with E-state index in [1.807, 2.05) is 0 Å². The van der Waals surface area contributed by atoms with Crippen LogP contribution < -0.4 is 15.0 Å². The van der Waals surface area contributed by atoms with Crippen molar-refractivity contribution in [1.82, 2.24) is 15.0 Å². The summed E-state index contributed by atoms with van der Waals surface area (Å²) in [5.74, 6) is -0.0421. The quantitative estimate of drug-likeness (QED) is 0.306. The zero-order valence-electron chi connectivity index (χ0n) is 16.9. The lowest BCUT2D eigenvalue weighted by molar-refractivity contribution is -0.0691. The largest absolute Gasteiger partial charge is 0.451 e. The van der Waals surface area contributed by atoms with Crippen LogP contribution in [-0.4, -0.2) is 60.5 Å². The summed E-state index contributed by atoms with van der Waals surface area (Å²) in [6.07, 6.45) is 4.07. The SMILES string of the molecule is O=C(Nc1ccc(OC(F)(F)I)cc1)c1cnc(N2C[C@H](O)[C@@H](O)C2)c(-c2cncnc2)c1. The Morgan fingerprint density at radius 3 is 2.36 bits per heavy atom. The van der Waals surface area contributed by atoms with Crippen molar-refractivity contribution < 1.29 is 28.5 Å². The Labute approximate surface area is 200 Å². The predicted molar refractivity (Wildman–Crippen MR) is 123 cm³/mol. The molecule has 1 aliphatic rings. The molecule has 3 N–H and O–H groups in total. The molecule has 12 heteroatoms. The maximum absolute atomic E-state index is 13.0. The van der Waals surface area contributed by atoms with Crippen molar-refractivity contribution in [1.29, 1.82) is 0 Å². The van der Waals surface area contributed by atoms with Crippen molar-refractivity contribution in [2.24, 2.45) is 0 Å². The van der Waals surface area contributed by atoms with Gasteiger partial charge in [0.25, 0.3) is 5.91 Å². The summed E-state index contributed by atoms with van der Waals surface area (Å²) in [4.78, 5) is 27.0. The number of aliphatic hydroxyl groups excluding tert-OH is 2. The molecule has 3 aromatic rings. The second-order valence-electron chi connectivity index (χ2n) is 7.29. The lowest BCUT2D eigenvalue weighted by Gasteiger charge is -2.20. The molecule has 1 aliphatic heterocycles. The number of nitrogens with one attached hydrogen (secondary N) is 1. The number of ether oxygens (including phenoxy) is 1. The number of carbonyl (C=O) groups excluding carboxylic acids is 1. The molecule has 1 aromatic carbocycles. The Morgan fingerprint density at radius 2 is 1.76 bits per heavy atom. The van der Waals surface area contributed by atoms with Gasteiger partial charge in [-0.25, -0.2) is 15.0 Å². The molecule has 172 valence electrons. The van der Waals surface area contributed by atoms with E-state index in [2.05, 4.69) is 25.0 Å². The number of β-amino-alcohol motifs (C(OH)–C–C–N with tert-alkyl or cyclic N) is 2. The van der Waals surface area contributed by atoms with E-state index < -0.39 is 22.2 Å². The number of hydrogen-bond acceptors (Lipinski definition) is 8. The second-order valence-corrected chi connectivity index (χ2v) is 8.54. The fraction of sp³-hybridized carbons (Fsp3) is 0.238. The van der Waals surface area contributed by atoms with Crippen molar-refractivity contribution in [3.05, 3.63) is 60.8 Å². The van der Waals surface area contributed by atoms with Gasteiger partial charge in [-0.1, -0.05) is 0 Å². The van der Waals surface area contributed by atoms with Crippen molar-refractivity contribution in [2.45, 2.75) is 16.3 Å². The third-order valence-corrected chi connectivity index (χ3v) is 5.12. The number of amides is 1. The molecule has 0 saturated carbocycles. The van der Waals surface area contributed by atoms with Crippen LogP contribution in [0, 0.1) is 0 Å². The number of carbonyl (C=O) groups is 1. The maximum atomic E-state index is 13.0. The standard InChI is InChI=1S/C21H18F2IN5O4/c22-21(23,24)33-15-3-1-14(2-4-15)28-20(32)12-5-16(13-6-25-11-26-7-13)19(27-8-12)29-9-17(30)18(31)10-29/h1-8,11,17-18,30-31H,9-10H2,(H,28,32)/t17-,18-/m0/s1. The first-order chi connectivity index (χ1) is 15.7. The number of aliphatic hydroxyl groups is 2. The van der Waals surface area contributed by atoms with Gasteiger partial charge in [0.15, 0.2) is 0 Å². The highest BCUT2D eigenvalue weighted by atomic mass is 127. The number of nitrogens with zero attached hydrogens (tertiary/aromatic N) is 4. The van der Waals surface area contributed by atoms with Crippen LogP contribution in [0.2, 0.25) is 0 Å². The van der Waals surface area contributed by atoms with Crippen LogP contribution in [0.25, 0.3) is 11.1 Å². The summed E-state index contributed by atoms with van der Waals surface area (Å²) in [6, 6.07) is 7.13. The molecule has 2 atom stereocenters. The molecule has 0 aliphatic carbocycles. The minimum Gasteiger partial charge on any atom is -0.425 e. The first-order valence-electron chi connectivity index (χ1n) is 9.73. The van der Waals surface area contributed by atoms with E-state index in [-0.39, 0.29) is 24.4 Å². The third-order valence-electron chi connectivity index (χ3n) is 4.90. The van der Waals surface area contributed by atoms with Gasteiger partial charge in [-0.05, 0) is 30.3 Å². The first-order valence-corrected chi connectivity index (χ1v) is 10.8. The van der Waals surface area contributed by atoms with Gasteiger partial charge in [0.05, 0.1) is 40.4 Å². The van der Waals surface area contributed by atoms with Gasteiger partial charge in [0, 0.05) is 48.5 Å². The predicted octanol–water partition coefficient (Wildman–Crippen LogP) is 2.70. The summed E-state index contributed by atoms with van der Waals surface area (Å²) in [7, 11) is 0. The van der Waals surface area contributed by atoms with Crippen LogP contribution in [0.15, 0.2) is 55.2 Å². The van der Waals surface area contributed by atoms with Crippen LogP contribution in [0.5, 0.6) is 5.75 Å². The monoisotopic (exact) mass is 569 g/mol. The van der Waals surface area contributed by atoms with E-state index in [0.717, 1.165) is 22.6 Å². The van der Waals surface area contributed by atoms with E-state index in [0.29, 0.717) is 22.6 Å². The van der Waals surface area contributed by atoms with Gasteiger partial charge >= 0.3 is 4.12 Å². The lowest BCUT2D eigenvalue weighted by atomic mass is 10.1. The van der Waals surface area contributed by atoms with Crippen LogP contribution in [0.3, 0.4) is 0 Å². The lowest BCUT2D eigenvalue weighted by Crippen LogP contribution is -2.23. The summed E-state index contributed by atoms with van der Waals surface area (Å²) in [6.45, 7) is 0.371. The Balaban J connectivity index is 1.58. The van der Waals surface area contributed by atoms with Crippen molar-refractivity contribution in [2.75, 3.05) is 23.3 Å². The van der Waals surface area contributed by atoms with Gasteiger partial charge in [-0.2, -0.15) is 8.78 Å². The fourth-order valence-corrected chi connectivity index (χ4v) is 3.62. The average molecular weight is 569 g/mol. The Morgan fingerprint density at radius 1 is 1.12 bits per heavy atom. The summed E-state index contributed by atoms with van der Waals surface area (Å²) in [5, 5.41) is 22.5. The Bertz CT molecular complexity index is 1120. The number of rotatable bonds is 6. The molecule has 1 saturated heterocycles. The highest BCUT2D eigenvalue weighted by molar-refractivity contribution is 14.1. The highest BCUT2D eigenvalue weighted by Crippen LogP contribution is 2.32. The molecular weight excluding hydrogens is 551 g/mol. The minimum atomic E-state index is -3.34. The number of alkyl halides is 3. The van der Waals surface area contributed by atoms with E-state index in [1.165, 1.54) is 36.8 Å². The molecule has 3 heterocycles. The molecule has 0 bridgehead atoms.